The Labute approximate surface area is 178 Å². The molecular weight excluding hydrogens is 392 g/mol. The molecule has 0 atom stereocenters. The average molecular weight is 414 g/mol. The van der Waals surface area contributed by atoms with E-state index < -0.39 is 5.97 Å². The highest BCUT2D eigenvalue weighted by Crippen LogP contribution is 2.32. The summed E-state index contributed by atoms with van der Waals surface area (Å²) in [5.74, 6) is -0.200. The minimum atomic E-state index is -1.03. The first kappa shape index (κ1) is 20.1. The molecule has 0 aliphatic carbocycles. The molecule has 31 heavy (non-hydrogen) atoms. The van der Waals surface area contributed by atoms with Gasteiger partial charge in [0, 0.05) is 32.9 Å². The van der Waals surface area contributed by atoms with Gasteiger partial charge in [-0.1, -0.05) is 36.4 Å². The fourth-order valence-corrected chi connectivity index (χ4v) is 3.85. The molecule has 0 aliphatic rings. The molecular formula is C25H22N2O4. The highest BCUT2D eigenvalue weighted by molar-refractivity contribution is 6.17. The van der Waals surface area contributed by atoms with Crippen molar-refractivity contribution in [1.82, 2.24) is 4.98 Å². The van der Waals surface area contributed by atoms with Gasteiger partial charge in [0.05, 0.1) is 18.2 Å². The number of methoxy groups -OCH3 is 1. The number of carboxylic acids is 1. The third-order valence-corrected chi connectivity index (χ3v) is 5.36. The summed E-state index contributed by atoms with van der Waals surface area (Å²) in [6, 6.07) is 21.1. The Morgan fingerprint density at radius 1 is 0.968 bits per heavy atom. The third kappa shape index (κ3) is 3.59. The fraction of sp³-hybridized carbons (Fsp3) is 0.0800. The lowest BCUT2D eigenvalue weighted by atomic mass is 10.1. The van der Waals surface area contributed by atoms with Gasteiger partial charge in [0.25, 0.3) is 0 Å². The quantitative estimate of drug-likeness (QED) is 0.287. The number of aromatic carboxylic acids is 1. The lowest BCUT2D eigenvalue weighted by molar-refractivity contribution is 0.0697. The number of nitrogens with two attached hydrogens (primary N) is 1. The summed E-state index contributed by atoms with van der Waals surface area (Å²) in [4.78, 5) is 14.2. The Bertz CT molecular complexity index is 1440. The number of carboxylic acid groups (broad SMARTS) is 1. The number of nitrogen functional groups attached to an aromatic ring is 1. The molecule has 0 saturated heterocycles. The summed E-state index contributed by atoms with van der Waals surface area (Å²) in [5, 5.41) is 23.1. The van der Waals surface area contributed by atoms with Crippen molar-refractivity contribution < 1.29 is 19.7 Å². The second-order valence-electron chi connectivity index (χ2n) is 7.23. The number of aromatic amines is 1. The summed E-state index contributed by atoms with van der Waals surface area (Å²) >= 11 is 0. The van der Waals surface area contributed by atoms with Gasteiger partial charge in [0.15, 0.2) is 0 Å². The van der Waals surface area contributed by atoms with E-state index in [1.807, 2.05) is 24.3 Å². The van der Waals surface area contributed by atoms with Crippen LogP contribution in [0.3, 0.4) is 0 Å². The minimum Gasteiger partial charge on any atom is -0.508 e. The van der Waals surface area contributed by atoms with Crippen molar-refractivity contribution in [2.24, 2.45) is 0 Å². The van der Waals surface area contributed by atoms with E-state index in [1.54, 1.807) is 19.1 Å². The Morgan fingerprint density at radius 2 is 1.71 bits per heavy atom. The summed E-state index contributed by atoms with van der Waals surface area (Å²) in [7, 11) is 1.49. The second-order valence-corrected chi connectivity index (χ2v) is 7.23. The van der Waals surface area contributed by atoms with Gasteiger partial charge < -0.3 is 25.7 Å². The number of H-pyrrole nitrogens is 1. The normalized spacial score (nSPS) is 10.8. The summed E-state index contributed by atoms with van der Waals surface area (Å²) in [6.45, 7) is 1.67. The first-order chi connectivity index (χ1) is 14.9. The van der Waals surface area contributed by atoms with E-state index in [0.29, 0.717) is 17.1 Å². The summed E-state index contributed by atoms with van der Waals surface area (Å²) in [5.41, 5.74) is 8.64. The molecule has 0 amide bonds. The summed E-state index contributed by atoms with van der Waals surface area (Å²) < 4.78 is 4.97. The van der Waals surface area contributed by atoms with Crippen LogP contribution in [0.25, 0.3) is 32.6 Å². The SMILES string of the molecule is COc1ccc(N)c(C(=O)O)c1C.Oc1ccc2ccc3c4ccccc4[nH]c3c2c1. The van der Waals surface area contributed by atoms with Crippen molar-refractivity contribution in [1.29, 1.82) is 0 Å². The molecule has 0 saturated carbocycles. The number of aromatic nitrogens is 1. The van der Waals surface area contributed by atoms with E-state index in [-0.39, 0.29) is 11.3 Å². The number of hydrogen-bond acceptors (Lipinski definition) is 4. The number of fused-ring (bicyclic) bond motifs is 5. The molecule has 156 valence electrons. The molecule has 0 unspecified atom stereocenters. The molecule has 0 fully saturated rings. The van der Waals surface area contributed by atoms with Crippen LogP contribution in [-0.2, 0) is 0 Å². The van der Waals surface area contributed by atoms with Crippen LogP contribution >= 0.6 is 0 Å². The Kier molecular flexibility index (Phi) is 5.13. The number of hydrogen-bond donors (Lipinski definition) is 4. The standard InChI is InChI=1S/C16H11NO.C9H11NO3/c18-11-7-5-10-6-8-13-12-3-1-2-4-15(12)17-16(13)14(10)9-11;1-5-7(13-2)4-3-6(10)8(5)9(11)12/h1-9,17-18H;3-4H,10H2,1-2H3,(H,11,12). The minimum absolute atomic E-state index is 0.111. The fourth-order valence-electron chi connectivity index (χ4n) is 3.85. The van der Waals surface area contributed by atoms with Gasteiger partial charge in [-0.2, -0.15) is 0 Å². The molecule has 0 aliphatic heterocycles. The van der Waals surface area contributed by atoms with Crippen molar-refractivity contribution in [3.05, 3.63) is 77.9 Å². The third-order valence-electron chi connectivity index (χ3n) is 5.36. The van der Waals surface area contributed by atoms with E-state index in [1.165, 1.54) is 23.9 Å². The molecule has 0 bridgehead atoms. The molecule has 5 rings (SSSR count). The Balaban J connectivity index is 0.000000159. The van der Waals surface area contributed by atoms with E-state index >= 15 is 0 Å². The van der Waals surface area contributed by atoms with Crippen LogP contribution < -0.4 is 10.5 Å². The number of aromatic hydroxyl groups is 1. The highest BCUT2D eigenvalue weighted by Gasteiger charge is 2.14. The maximum absolute atomic E-state index is 10.8. The lowest BCUT2D eigenvalue weighted by Gasteiger charge is -2.09. The number of para-hydroxylation sites is 1. The predicted octanol–water partition coefficient (Wildman–Crippen LogP) is 5.46. The Morgan fingerprint density at radius 3 is 2.45 bits per heavy atom. The molecule has 0 spiro atoms. The lowest BCUT2D eigenvalue weighted by Crippen LogP contribution is -2.06. The molecule has 5 N–H and O–H groups in total. The van der Waals surface area contributed by atoms with Crippen molar-refractivity contribution >= 4 is 44.2 Å². The van der Waals surface area contributed by atoms with Gasteiger partial charge in [0.1, 0.15) is 11.5 Å². The molecule has 1 heterocycles. The van der Waals surface area contributed by atoms with Crippen LogP contribution in [0.5, 0.6) is 11.5 Å². The number of rotatable bonds is 2. The number of benzene rings is 4. The average Bonchev–Trinajstić information content (AvgIpc) is 3.13. The van der Waals surface area contributed by atoms with Gasteiger partial charge in [-0.3, -0.25) is 0 Å². The Hall–Kier alpha value is -4.19. The van der Waals surface area contributed by atoms with Crippen molar-refractivity contribution in [3.63, 3.8) is 0 Å². The largest absolute Gasteiger partial charge is 0.508 e. The zero-order chi connectivity index (χ0) is 22.1. The smallest absolute Gasteiger partial charge is 0.338 e. The van der Waals surface area contributed by atoms with Gasteiger partial charge in [-0.25, -0.2) is 4.79 Å². The predicted molar refractivity (Wildman–Crippen MR) is 124 cm³/mol. The van der Waals surface area contributed by atoms with Crippen molar-refractivity contribution in [2.45, 2.75) is 6.92 Å². The van der Waals surface area contributed by atoms with E-state index in [4.69, 9.17) is 15.6 Å². The first-order valence-corrected chi connectivity index (χ1v) is 9.69. The number of phenolic OH excluding ortho intramolecular Hbond substituents is 1. The monoisotopic (exact) mass is 414 g/mol. The highest BCUT2D eigenvalue weighted by atomic mass is 16.5. The second kappa shape index (κ2) is 7.91. The van der Waals surface area contributed by atoms with Crippen molar-refractivity contribution in [3.8, 4) is 11.5 Å². The van der Waals surface area contributed by atoms with Gasteiger partial charge >= 0.3 is 5.97 Å². The van der Waals surface area contributed by atoms with Crippen LogP contribution in [-0.4, -0.2) is 28.3 Å². The van der Waals surface area contributed by atoms with E-state index in [0.717, 1.165) is 21.8 Å². The van der Waals surface area contributed by atoms with E-state index in [9.17, 15) is 9.90 Å². The number of nitrogens with one attached hydrogen (secondary N) is 1. The molecule has 6 heteroatoms. The van der Waals surface area contributed by atoms with Crippen LogP contribution in [0.1, 0.15) is 15.9 Å². The number of phenols is 1. The number of carbonyl (C=O) groups is 1. The zero-order valence-corrected chi connectivity index (χ0v) is 17.1. The van der Waals surface area contributed by atoms with Gasteiger partial charge in [-0.15, -0.1) is 0 Å². The number of anilines is 1. The molecule has 1 aromatic heterocycles. The first-order valence-electron chi connectivity index (χ1n) is 9.69. The molecule has 6 nitrogen and oxygen atoms in total. The van der Waals surface area contributed by atoms with Gasteiger partial charge in [-0.05, 0) is 42.6 Å². The topological polar surface area (TPSA) is 109 Å². The van der Waals surface area contributed by atoms with Crippen LogP contribution in [0, 0.1) is 6.92 Å². The van der Waals surface area contributed by atoms with E-state index in [2.05, 4.69) is 29.2 Å². The zero-order valence-electron chi connectivity index (χ0n) is 17.1. The molecule has 4 aromatic carbocycles. The van der Waals surface area contributed by atoms with Crippen molar-refractivity contribution in [2.75, 3.05) is 12.8 Å². The number of ether oxygens (including phenoxy) is 1. The molecule has 5 aromatic rings. The maximum atomic E-state index is 10.8. The molecule has 0 radical (unpaired) electrons. The van der Waals surface area contributed by atoms with Crippen LogP contribution in [0.15, 0.2) is 66.7 Å². The van der Waals surface area contributed by atoms with Gasteiger partial charge in [0.2, 0.25) is 0 Å². The summed E-state index contributed by atoms with van der Waals surface area (Å²) in [6.07, 6.45) is 0. The maximum Gasteiger partial charge on any atom is 0.338 e. The van der Waals surface area contributed by atoms with Crippen LogP contribution in [0.2, 0.25) is 0 Å². The van der Waals surface area contributed by atoms with Crippen LogP contribution in [0.4, 0.5) is 5.69 Å².